The molecule has 0 heterocycles. The Morgan fingerprint density at radius 2 is 1.72 bits per heavy atom. The molecule has 0 fully saturated rings. The largest absolute Gasteiger partial charge is 0.449 e. The Balaban J connectivity index is 1.29. The highest BCUT2D eigenvalue weighted by molar-refractivity contribution is 5.79. The molecule has 3 aromatic rings. The standard InChI is InChI=1S/C25H21N3O4/c26-23-13-12-17(15-24(23)28(30)31)7-5-6-14-27-25(29)32-16-22-20-10-3-1-8-18(20)19-9-2-4-11-21(19)22/h1-4,8-13,15,22H,6,14,16,26H2,(H,27,29). The van der Waals surface area contributed by atoms with Gasteiger partial charge in [0.25, 0.3) is 5.69 Å². The molecule has 1 aliphatic rings. The highest BCUT2D eigenvalue weighted by Gasteiger charge is 2.28. The number of rotatable bonds is 5. The molecule has 3 aromatic carbocycles. The highest BCUT2D eigenvalue weighted by Crippen LogP contribution is 2.44. The van der Waals surface area contributed by atoms with Crippen molar-refractivity contribution in [2.45, 2.75) is 12.3 Å². The molecule has 0 aliphatic heterocycles. The number of carbonyl (C=O) groups excluding carboxylic acids is 1. The van der Waals surface area contributed by atoms with Crippen molar-refractivity contribution in [1.29, 1.82) is 0 Å². The molecule has 7 nitrogen and oxygen atoms in total. The van der Waals surface area contributed by atoms with E-state index in [2.05, 4.69) is 41.4 Å². The van der Waals surface area contributed by atoms with Crippen LogP contribution in [0.3, 0.4) is 0 Å². The average Bonchev–Trinajstić information content (AvgIpc) is 3.12. The first-order valence-corrected chi connectivity index (χ1v) is 10.2. The number of fused-ring (bicyclic) bond motifs is 3. The van der Waals surface area contributed by atoms with Crippen molar-refractivity contribution in [2.75, 3.05) is 18.9 Å². The number of hydrogen-bond acceptors (Lipinski definition) is 5. The fourth-order valence-corrected chi connectivity index (χ4v) is 3.82. The van der Waals surface area contributed by atoms with Gasteiger partial charge in [-0.2, -0.15) is 0 Å². The van der Waals surface area contributed by atoms with Gasteiger partial charge in [0.15, 0.2) is 0 Å². The van der Waals surface area contributed by atoms with Crippen LogP contribution < -0.4 is 11.1 Å². The fourth-order valence-electron chi connectivity index (χ4n) is 3.82. The number of nitro benzene ring substituents is 1. The second-order valence-corrected chi connectivity index (χ2v) is 7.33. The van der Waals surface area contributed by atoms with E-state index < -0.39 is 11.0 Å². The van der Waals surface area contributed by atoms with Crippen molar-refractivity contribution in [1.82, 2.24) is 5.32 Å². The smallest absolute Gasteiger partial charge is 0.407 e. The zero-order valence-corrected chi connectivity index (χ0v) is 17.2. The molecule has 1 amide bonds. The van der Waals surface area contributed by atoms with Crippen LogP contribution in [0.5, 0.6) is 0 Å². The number of nitrogens with zero attached hydrogens (tertiary/aromatic N) is 1. The van der Waals surface area contributed by atoms with Crippen LogP contribution in [-0.4, -0.2) is 24.2 Å². The van der Waals surface area contributed by atoms with E-state index in [0.717, 1.165) is 11.1 Å². The van der Waals surface area contributed by atoms with E-state index in [9.17, 15) is 14.9 Å². The van der Waals surface area contributed by atoms with Gasteiger partial charge in [-0.25, -0.2) is 4.79 Å². The zero-order valence-electron chi connectivity index (χ0n) is 17.2. The minimum Gasteiger partial charge on any atom is -0.449 e. The second-order valence-electron chi connectivity index (χ2n) is 7.33. The third kappa shape index (κ3) is 4.40. The summed E-state index contributed by atoms with van der Waals surface area (Å²) in [6, 6.07) is 20.7. The lowest BCUT2D eigenvalue weighted by Gasteiger charge is -2.14. The van der Waals surface area contributed by atoms with Crippen molar-refractivity contribution in [3.8, 4) is 23.0 Å². The summed E-state index contributed by atoms with van der Waals surface area (Å²) in [5.41, 5.74) is 10.7. The number of alkyl carbamates (subject to hydrolysis) is 1. The van der Waals surface area contributed by atoms with Crippen LogP contribution in [0.15, 0.2) is 66.7 Å². The molecule has 0 unspecified atom stereocenters. The number of benzene rings is 3. The number of ether oxygens (including phenoxy) is 1. The zero-order chi connectivity index (χ0) is 22.5. The van der Waals surface area contributed by atoms with Gasteiger partial charge < -0.3 is 15.8 Å². The van der Waals surface area contributed by atoms with Crippen molar-refractivity contribution in [3.63, 3.8) is 0 Å². The Bertz CT molecular complexity index is 1200. The lowest BCUT2D eigenvalue weighted by molar-refractivity contribution is -0.383. The van der Waals surface area contributed by atoms with E-state index in [1.807, 2.05) is 24.3 Å². The van der Waals surface area contributed by atoms with Crippen LogP contribution in [0.4, 0.5) is 16.2 Å². The van der Waals surface area contributed by atoms with Gasteiger partial charge in [-0.15, -0.1) is 0 Å². The molecule has 0 aromatic heterocycles. The van der Waals surface area contributed by atoms with Gasteiger partial charge in [-0.3, -0.25) is 10.1 Å². The van der Waals surface area contributed by atoms with Gasteiger partial charge in [0.05, 0.1) is 4.92 Å². The summed E-state index contributed by atoms with van der Waals surface area (Å²) in [7, 11) is 0. The topological polar surface area (TPSA) is 107 Å². The summed E-state index contributed by atoms with van der Waals surface area (Å²) in [5.74, 6) is 5.73. The third-order valence-corrected chi connectivity index (χ3v) is 5.32. The summed E-state index contributed by atoms with van der Waals surface area (Å²) in [6.45, 7) is 0.557. The molecular weight excluding hydrogens is 406 g/mol. The van der Waals surface area contributed by atoms with E-state index in [-0.39, 0.29) is 23.9 Å². The molecular formula is C25H21N3O4. The van der Waals surface area contributed by atoms with Gasteiger partial charge in [0, 0.05) is 30.5 Å². The molecule has 0 spiro atoms. The highest BCUT2D eigenvalue weighted by atomic mass is 16.6. The van der Waals surface area contributed by atoms with Crippen LogP contribution in [0.1, 0.15) is 29.0 Å². The summed E-state index contributed by atoms with van der Waals surface area (Å²) in [5, 5.41) is 13.6. The Kier molecular flexibility index (Phi) is 6.04. The summed E-state index contributed by atoms with van der Waals surface area (Å²) < 4.78 is 5.47. The van der Waals surface area contributed by atoms with Crippen LogP contribution in [0, 0.1) is 22.0 Å². The minimum absolute atomic E-state index is 0.00856. The number of nitrogen functional groups attached to an aromatic ring is 1. The van der Waals surface area contributed by atoms with Crippen LogP contribution >= 0.6 is 0 Å². The lowest BCUT2D eigenvalue weighted by Crippen LogP contribution is -2.26. The monoisotopic (exact) mass is 427 g/mol. The molecule has 0 bridgehead atoms. The number of hydrogen-bond donors (Lipinski definition) is 2. The SMILES string of the molecule is Nc1ccc(C#CCCNC(=O)OCC2c3ccccc3-c3ccccc32)cc1[N+](=O)[O-]. The molecule has 160 valence electrons. The molecule has 0 saturated heterocycles. The van der Waals surface area contributed by atoms with Crippen LogP contribution in [0.2, 0.25) is 0 Å². The molecule has 32 heavy (non-hydrogen) atoms. The Morgan fingerprint density at radius 1 is 1.06 bits per heavy atom. The van der Waals surface area contributed by atoms with E-state index in [4.69, 9.17) is 10.5 Å². The van der Waals surface area contributed by atoms with Crippen LogP contribution in [-0.2, 0) is 4.74 Å². The predicted octanol–water partition coefficient (Wildman–Crippen LogP) is 4.46. The van der Waals surface area contributed by atoms with Crippen molar-refractivity contribution in [2.24, 2.45) is 0 Å². The maximum atomic E-state index is 12.1. The van der Waals surface area contributed by atoms with E-state index in [1.165, 1.54) is 23.3 Å². The summed E-state index contributed by atoms with van der Waals surface area (Å²) >= 11 is 0. The molecule has 3 N–H and O–H groups in total. The first-order valence-electron chi connectivity index (χ1n) is 10.2. The van der Waals surface area contributed by atoms with Crippen molar-refractivity contribution >= 4 is 17.5 Å². The minimum atomic E-state index is -0.542. The first kappa shape index (κ1) is 20.9. The summed E-state index contributed by atoms with van der Waals surface area (Å²) in [4.78, 5) is 22.5. The van der Waals surface area contributed by atoms with E-state index in [0.29, 0.717) is 18.5 Å². The van der Waals surface area contributed by atoms with Gasteiger partial charge in [0.2, 0.25) is 0 Å². The fraction of sp³-hybridized carbons (Fsp3) is 0.160. The predicted molar refractivity (Wildman–Crippen MR) is 122 cm³/mol. The maximum Gasteiger partial charge on any atom is 0.407 e. The van der Waals surface area contributed by atoms with Crippen molar-refractivity contribution in [3.05, 3.63) is 93.5 Å². The second kappa shape index (κ2) is 9.23. The Hall–Kier alpha value is -4.31. The van der Waals surface area contributed by atoms with Crippen molar-refractivity contribution < 1.29 is 14.5 Å². The molecule has 0 atom stereocenters. The lowest BCUT2D eigenvalue weighted by atomic mass is 9.98. The Morgan fingerprint density at radius 3 is 2.38 bits per heavy atom. The van der Waals surface area contributed by atoms with E-state index >= 15 is 0 Å². The molecule has 7 heteroatoms. The van der Waals surface area contributed by atoms with Gasteiger partial charge >= 0.3 is 6.09 Å². The number of nitrogens with one attached hydrogen (secondary N) is 1. The number of amides is 1. The van der Waals surface area contributed by atoms with Gasteiger partial charge in [-0.05, 0) is 34.4 Å². The molecule has 1 aliphatic carbocycles. The van der Waals surface area contributed by atoms with Gasteiger partial charge in [0.1, 0.15) is 12.3 Å². The number of nitrogens with two attached hydrogens (primary N) is 1. The number of carbonyl (C=O) groups is 1. The molecule has 0 saturated carbocycles. The quantitative estimate of drug-likeness (QED) is 0.206. The van der Waals surface area contributed by atoms with Gasteiger partial charge in [-0.1, -0.05) is 60.4 Å². The normalized spacial score (nSPS) is 11.6. The molecule has 0 radical (unpaired) electrons. The number of anilines is 1. The average molecular weight is 427 g/mol. The van der Waals surface area contributed by atoms with E-state index in [1.54, 1.807) is 6.07 Å². The summed E-state index contributed by atoms with van der Waals surface area (Å²) in [6.07, 6.45) is -0.126. The first-order chi connectivity index (χ1) is 15.5. The van der Waals surface area contributed by atoms with Crippen LogP contribution in [0.25, 0.3) is 11.1 Å². The third-order valence-electron chi connectivity index (χ3n) is 5.32. The Labute approximate surface area is 185 Å². The number of nitro groups is 1. The molecule has 4 rings (SSSR count). The maximum absolute atomic E-state index is 12.1.